The van der Waals surface area contributed by atoms with E-state index in [2.05, 4.69) is 50.0 Å². The summed E-state index contributed by atoms with van der Waals surface area (Å²) in [6, 6.07) is 2.05. The van der Waals surface area contributed by atoms with Gasteiger partial charge in [-0.1, -0.05) is 27.2 Å². The minimum Gasteiger partial charge on any atom is -0.313 e. The van der Waals surface area contributed by atoms with Crippen LogP contribution in [-0.2, 0) is 0 Å². The van der Waals surface area contributed by atoms with Gasteiger partial charge in [-0.3, -0.25) is 0 Å². The van der Waals surface area contributed by atoms with Gasteiger partial charge in [-0.05, 0) is 39.9 Å². The van der Waals surface area contributed by atoms with Gasteiger partial charge in [0.2, 0.25) is 0 Å². The predicted octanol–water partition coefficient (Wildman–Crippen LogP) is 2.18. The third-order valence-electron chi connectivity index (χ3n) is 4.18. The van der Waals surface area contributed by atoms with Crippen molar-refractivity contribution in [3.63, 3.8) is 0 Å². The zero-order chi connectivity index (χ0) is 13.5. The molecule has 2 unspecified atom stereocenters. The van der Waals surface area contributed by atoms with Gasteiger partial charge < -0.3 is 15.1 Å². The lowest BCUT2D eigenvalue weighted by molar-refractivity contribution is 0.165. The van der Waals surface area contributed by atoms with Crippen LogP contribution in [0.1, 0.15) is 46.5 Å². The lowest BCUT2D eigenvalue weighted by Crippen LogP contribution is -2.46. The smallest absolute Gasteiger partial charge is 0.0220 e. The fraction of sp³-hybridized carbons (Fsp3) is 1.00. The number of likely N-dealkylation sites (N-methyl/N-ethyl adjacent to an activating group) is 2. The molecule has 0 aromatic rings. The van der Waals surface area contributed by atoms with Crippen molar-refractivity contribution in [2.45, 2.75) is 64.6 Å². The minimum absolute atomic E-state index is 0.590. The second-order valence-electron chi connectivity index (χ2n) is 6.22. The molecule has 0 spiro atoms. The maximum Gasteiger partial charge on any atom is 0.0220 e. The minimum atomic E-state index is 0.590. The normalized spacial score (nSPS) is 23.2. The van der Waals surface area contributed by atoms with Crippen LogP contribution < -0.4 is 5.32 Å². The third-order valence-corrected chi connectivity index (χ3v) is 4.18. The summed E-state index contributed by atoms with van der Waals surface area (Å²) in [6.45, 7) is 10.4. The van der Waals surface area contributed by atoms with E-state index in [1.807, 2.05) is 0 Å². The molecule has 3 nitrogen and oxygen atoms in total. The van der Waals surface area contributed by atoms with Crippen LogP contribution in [0.4, 0.5) is 0 Å². The van der Waals surface area contributed by atoms with Crippen molar-refractivity contribution in [1.82, 2.24) is 15.1 Å². The van der Waals surface area contributed by atoms with Crippen LogP contribution in [0.5, 0.6) is 0 Å². The van der Waals surface area contributed by atoms with E-state index in [0.717, 1.165) is 12.6 Å². The highest BCUT2D eigenvalue weighted by molar-refractivity contribution is 4.82. The van der Waals surface area contributed by atoms with Crippen molar-refractivity contribution in [3.8, 4) is 0 Å². The number of hydrogen-bond donors (Lipinski definition) is 1. The molecule has 0 amide bonds. The maximum absolute atomic E-state index is 3.59. The first-order valence-electron chi connectivity index (χ1n) is 7.68. The Morgan fingerprint density at radius 1 is 1.39 bits per heavy atom. The maximum atomic E-state index is 3.59. The first-order chi connectivity index (χ1) is 8.54. The molecule has 1 aliphatic rings. The summed E-state index contributed by atoms with van der Waals surface area (Å²) < 4.78 is 0. The number of nitrogens with one attached hydrogen (secondary N) is 1. The number of nitrogens with zero attached hydrogens (tertiary/aromatic N) is 2. The van der Waals surface area contributed by atoms with Gasteiger partial charge in [0.15, 0.2) is 0 Å². The quantitative estimate of drug-likeness (QED) is 0.717. The van der Waals surface area contributed by atoms with E-state index < -0.39 is 0 Å². The lowest BCUT2D eigenvalue weighted by Gasteiger charge is -2.33. The highest BCUT2D eigenvalue weighted by atomic mass is 15.2. The topological polar surface area (TPSA) is 18.5 Å². The molecule has 0 bridgehead atoms. The van der Waals surface area contributed by atoms with Crippen molar-refractivity contribution in [1.29, 1.82) is 0 Å². The molecule has 3 heteroatoms. The Hall–Kier alpha value is -0.120. The fourth-order valence-corrected chi connectivity index (χ4v) is 2.87. The summed E-state index contributed by atoms with van der Waals surface area (Å²) in [4.78, 5) is 5.10. The molecule has 1 aliphatic heterocycles. The van der Waals surface area contributed by atoms with Crippen LogP contribution in [0, 0.1) is 0 Å². The van der Waals surface area contributed by atoms with Gasteiger partial charge in [0.05, 0.1) is 0 Å². The lowest BCUT2D eigenvalue weighted by atomic mass is 10.1. The van der Waals surface area contributed by atoms with Gasteiger partial charge >= 0.3 is 0 Å². The van der Waals surface area contributed by atoms with Gasteiger partial charge in [-0.2, -0.15) is 0 Å². The van der Waals surface area contributed by atoms with Crippen LogP contribution in [0.25, 0.3) is 0 Å². The van der Waals surface area contributed by atoms with Gasteiger partial charge in [0, 0.05) is 31.2 Å². The standard InChI is InChI=1S/C15H33N3/c1-6-8-14(11-16-13(2)3)18(5)12-15-9-7-10-17(15)4/h13-16H,6-12H2,1-5H3. The highest BCUT2D eigenvalue weighted by Gasteiger charge is 2.24. The average Bonchev–Trinajstić information content (AvgIpc) is 2.70. The largest absolute Gasteiger partial charge is 0.313 e. The Kier molecular flexibility index (Phi) is 7.20. The van der Waals surface area contributed by atoms with E-state index in [1.165, 1.54) is 38.8 Å². The molecule has 0 aliphatic carbocycles. The van der Waals surface area contributed by atoms with Crippen molar-refractivity contribution in [2.24, 2.45) is 0 Å². The van der Waals surface area contributed by atoms with Crippen LogP contribution in [0.2, 0.25) is 0 Å². The Balaban J connectivity index is 2.39. The van der Waals surface area contributed by atoms with Gasteiger partial charge in [0.1, 0.15) is 0 Å². The fourth-order valence-electron chi connectivity index (χ4n) is 2.87. The number of hydrogen-bond acceptors (Lipinski definition) is 3. The molecule has 108 valence electrons. The first-order valence-corrected chi connectivity index (χ1v) is 7.68. The van der Waals surface area contributed by atoms with E-state index in [-0.39, 0.29) is 0 Å². The van der Waals surface area contributed by atoms with Crippen LogP contribution in [0.15, 0.2) is 0 Å². The van der Waals surface area contributed by atoms with Gasteiger partial charge in [-0.25, -0.2) is 0 Å². The Morgan fingerprint density at radius 2 is 2.11 bits per heavy atom. The van der Waals surface area contributed by atoms with Crippen molar-refractivity contribution in [2.75, 3.05) is 33.7 Å². The Morgan fingerprint density at radius 3 is 2.61 bits per heavy atom. The zero-order valence-corrected chi connectivity index (χ0v) is 13.1. The molecule has 18 heavy (non-hydrogen) atoms. The molecule has 1 N–H and O–H groups in total. The predicted molar refractivity (Wildman–Crippen MR) is 80.1 cm³/mol. The van der Waals surface area contributed by atoms with Crippen molar-refractivity contribution >= 4 is 0 Å². The van der Waals surface area contributed by atoms with Crippen molar-refractivity contribution in [3.05, 3.63) is 0 Å². The molecule has 0 aromatic heterocycles. The SMILES string of the molecule is CCCC(CNC(C)C)N(C)CC1CCCN1C. The Labute approximate surface area is 114 Å². The average molecular weight is 255 g/mol. The van der Waals surface area contributed by atoms with Crippen LogP contribution >= 0.6 is 0 Å². The first kappa shape index (κ1) is 15.9. The summed E-state index contributed by atoms with van der Waals surface area (Å²) in [7, 11) is 4.57. The molecule has 1 rings (SSSR count). The summed E-state index contributed by atoms with van der Waals surface area (Å²) >= 11 is 0. The second-order valence-corrected chi connectivity index (χ2v) is 6.22. The number of rotatable bonds is 8. The van der Waals surface area contributed by atoms with Crippen molar-refractivity contribution < 1.29 is 0 Å². The van der Waals surface area contributed by atoms with E-state index in [1.54, 1.807) is 0 Å². The molecule has 0 saturated carbocycles. The second kappa shape index (κ2) is 8.13. The van der Waals surface area contributed by atoms with E-state index in [9.17, 15) is 0 Å². The molecule has 1 fully saturated rings. The van der Waals surface area contributed by atoms with Crippen LogP contribution in [0.3, 0.4) is 0 Å². The molecule has 1 heterocycles. The monoisotopic (exact) mass is 255 g/mol. The number of likely N-dealkylation sites (tertiary alicyclic amines) is 1. The van der Waals surface area contributed by atoms with Crippen LogP contribution in [-0.4, -0.2) is 61.7 Å². The molecule has 0 radical (unpaired) electrons. The summed E-state index contributed by atoms with van der Waals surface area (Å²) in [6.07, 6.45) is 5.32. The van der Waals surface area contributed by atoms with Gasteiger partial charge in [0.25, 0.3) is 0 Å². The molecule has 2 atom stereocenters. The highest BCUT2D eigenvalue weighted by Crippen LogP contribution is 2.17. The van der Waals surface area contributed by atoms with E-state index in [4.69, 9.17) is 0 Å². The summed E-state index contributed by atoms with van der Waals surface area (Å²) in [5.74, 6) is 0. The van der Waals surface area contributed by atoms with E-state index in [0.29, 0.717) is 12.1 Å². The van der Waals surface area contributed by atoms with E-state index >= 15 is 0 Å². The molecule has 1 saturated heterocycles. The van der Waals surface area contributed by atoms with Gasteiger partial charge in [-0.15, -0.1) is 0 Å². The summed E-state index contributed by atoms with van der Waals surface area (Å²) in [5, 5.41) is 3.59. The molecular formula is C15H33N3. The summed E-state index contributed by atoms with van der Waals surface area (Å²) in [5.41, 5.74) is 0. The zero-order valence-electron chi connectivity index (χ0n) is 13.1. The third kappa shape index (κ3) is 5.25. The molecule has 0 aromatic carbocycles. The Bertz CT molecular complexity index is 218. The molecular weight excluding hydrogens is 222 g/mol.